The number of H-pyrrole nitrogens is 2. The molecule has 146 valence electrons. The van der Waals surface area contributed by atoms with Gasteiger partial charge in [-0.2, -0.15) is 0 Å². The van der Waals surface area contributed by atoms with Gasteiger partial charge in [0.15, 0.2) is 0 Å². The predicted molar refractivity (Wildman–Crippen MR) is 116 cm³/mol. The number of carbonyl (C=O) groups excluding carboxylic acids is 1. The van der Waals surface area contributed by atoms with Crippen molar-refractivity contribution < 1.29 is 9.53 Å². The van der Waals surface area contributed by atoms with Crippen molar-refractivity contribution >= 4 is 33.3 Å². The molecule has 0 saturated carbocycles. The monoisotopic (exact) mass is 385 g/mol. The van der Waals surface area contributed by atoms with Gasteiger partial charge in [0.2, 0.25) is 5.91 Å². The Morgan fingerprint density at radius 1 is 1.07 bits per heavy atom. The molecule has 2 aromatic heterocycles. The summed E-state index contributed by atoms with van der Waals surface area (Å²) in [6, 6.07) is 14.2. The number of carbonyl (C=O) groups is 1. The van der Waals surface area contributed by atoms with Crippen LogP contribution < -0.4 is 4.74 Å². The van der Waals surface area contributed by atoms with Crippen molar-refractivity contribution in [2.45, 2.75) is 12.8 Å². The van der Waals surface area contributed by atoms with Crippen molar-refractivity contribution in [2.75, 3.05) is 20.2 Å². The predicted octanol–water partition coefficient (Wildman–Crippen LogP) is 4.52. The van der Waals surface area contributed by atoms with E-state index >= 15 is 0 Å². The van der Waals surface area contributed by atoms with Crippen LogP contribution in [0.15, 0.2) is 60.9 Å². The molecule has 0 radical (unpaired) electrons. The van der Waals surface area contributed by atoms with Gasteiger partial charge in [0, 0.05) is 52.9 Å². The highest BCUT2D eigenvalue weighted by Gasteiger charge is 2.20. The van der Waals surface area contributed by atoms with Crippen LogP contribution in [0.25, 0.3) is 27.4 Å². The van der Waals surface area contributed by atoms with Gasteiger partial charge >= 0.3 is 0 Å². The van der Waals surface area contributed by atoms with Crippen molar-refractivity contribution in [3.05, 3.63) is 72.1 Å². The molecule has 0 spiro atoms. The molecule has 29 heavy (non-hydrogen) atoms. The van der Waals surface area contributed by atoms with E-state index in [1.54, 1.807) is 7.11 Å². The molecule has 1 amide bonds. The number of nitrogens with zero attached hydrogens (tertiary/aromatic N) is 1. The molecule has 1 aliphatic heterocycles. The summed E-state index contributed by atoms with van der Waals surface area (Å²) in [4.78, 5) is 21.4. The number of aromatic nitrogens is 2. The topological polar surface area (TPSA) is 61.1 Å². The van der Waals surface area contributed by atoms with Gasteiger partial charge in [-0.1, -0.05) is 24.3 Å². The lowest BCUT2D eigenvalue weighted by Crippen LogP contribution is -2.35. The van der Waals surface area contributed by atoms with E-state index in [2.05, 4.69) is 34.4 Å². The third-order valence-electron chi connectivity index (χ3n) is 5.81. The summed E-state index contributed by atoms with van der Waals surface area (Å²) < 4.78 is 5.37. The number of hydrogen-bond acceptors (Lipinski definition) is 2. The minimum absolute atomic E-state index is 0.172. The quantitative estimate of drug-likeness (QED) is 0.543. The van der Waals surface area contributed by atoms with Crippen LogP contribution in [0.3, 0.4) is 0 Å². The average Bonchev–Trinajstić information content (AvgIpc) is 3.37. The number of nitrogens with one attached hydrogen (secondary N) is 2. The second-order valence-electron chi connectivity index (χ2n) is 7.47. The van der Waals surface area contributed by atoms with Crippen LogP contribution in [0.1, 0.15) is 17.5 Å². The molecule has 5 heteroatoms. The number of aromatic amines is 2. The van der Waals surface area contributed by atoms with E-state index in [0.717, 1.165) is 46.1 Å². The number of methoxy groups -OCH3 is 1. The smallest absolute Gasteiger partial charge is 0.227 e. The molecule has 0 fully saturated rings. The van der Waals surface area contributed by atoms with Crippen LogP contribution in [0.4, 0.5) is 0 Å². The molecule has 2 N–H and O–H groups in total. The van der Waals surface area contributed by atoms with Crippen LogP contribution in [0, 0.1) is 0 Å². The fourth-order valence-electron chi connectivity index (χ4n) is 4.19. The van der Waals surface area contributed by atoms with Gasteiger partial charge in [-0.25, -0.2) is 0 Å². The Morgan fingerprint density at radius 2 is 1.90 bits per heavy atom. The molecule has 5 nitrogen and oxygen atoms in total. The highest BCUT2D eigenvalue weighted by atomic mass is 16.5. The standard InChI is InChI=1S/C24H23N3O2/c1-29-18-6-7-23-20(13-18)21(15-26-23)16-8-10-27(11-9-16)24(28)12-17-14-25-22-5-3-2-4-19(17)22/h2-8,13-15,25-26H,9-12H2,1H3. The van der Waals surface area contributed by atoms with Gasteiger partial charge in [-0.3, -0.25) is 4.79 Å². The van der Waals surface area contributed by atoms with Gasteiger partial charge in [-0.15, -0.1) is 0 Å². The number of benzene rings is 2. The second-order valence-corrected chi connectivity index (χ2v) is 7.47. The molecule has 0 atom stereocenters. The highest BCUT2D eigenvalue weighted by Crippen LogP contribution is 2.31. The van der Waals surface area contributed by atoms with Crippen molar-refractivity contribution in [2.24, 2.45) is 0 Å². The molecular weight excluding hydrogens is 362 g/mol. The Balaban J connectivity index is 1.33. The summed E-state index contributed by atoms with van der Waals surface area (Å²) in [7, 11) is 1.69. The van der Waals surface area contributed by atoms with E-state index in [4.69, 9.17) is 4.74 Å². The van der Waals surface area contributed by atoms with Gasteiger partial charge < -0.3 is 19.6 Å². The Kier molecular flexibility index (Phi) is 4.35. The summed E-state index contributed by atoms with van der Waals surface area (Å²) in [6.07, 6.45) is 7.46. The van der Waals surface area contributed by atoms with Crippen molar-refractivity contribution in [3.63, 3.8) is 0 Å². The zero-order valence-electron chi connectivity index (χ0n) is 16.4. The first-order valence-corrected chi connectivity index (χ1v) is 9.90. The van der Waals surface area contributed by atoms with E-state index < -0.39 is 0 Å². The zero-order chi connectivity index (χ0) is 19.8. The lowest BCUT2D eigenvalue weighted by molar-refractivity contribution is -0.130. The Morgan fingerprint density at radius 3 is 2.72 bits per heavy atom. The van der Waals surface area contributed by atoms with Crippen LogP contribution >= 0.6 is 0 Å². The Bertz CT molecular complexity index is 1230. The first-order valence-electron chi connectivity index (χ1n) is 9.90. The van der Waals surface area contributed by atoms with E-state index in [1.165, 1.54) is 11.1 Å². The molecule has 0 unspecified atom stereocenters. The highest BCUT2D eigenvalue weighted by molar-refractivity contribution is 5.94. The molecule has 3 heterocycles. The van der Waals surface area contributed by atoms with Crippen LogP contribution in [-0.4, -0.2) is 41.0 Å². The second kappa shape index (κ2) is 7.17. The first kappa shape index (κ1) is 17.6. The number of fused-ring (bicyclic) bond motifs is 2. The van der Waals surface area contributed by atoms with Gasteiger partial charge in [0.25, 0.3) is 0 Å². The summed E-state index contributed by atoms with van der Waals surface area (Å²) in [5, 5.41) is 2.29. The molecule has 4 aromatic rings. The molecule has 2 aromatic carbocycles. The minimum Gasteiger partial charge on any atom is -0.497 e. The zero-order valence-corrected chi connectivity index (χ0v) is 16.4. The number of para-hydroxylation sites is 1. The lowest BCUT2D eigenvalue weighted by atomic mass is 9.98. The van der Waals surface area contributed by atoms with Crippen molar-refractivity contribution in [1.82, 2.24) is 14.9 Å². The van der Waals surface area contributed by atoms with Crippen LogP contribution in [-0.2, 0) is 11.2 Å². The fourth-order valence-corrected chi connectivity index (χ4v) is 4.19. The summed E-state index contributed by atoms with van der Waals surface area (Å²) >= 11 is 0. The molecule has 0 aliphatic carbocycles. The Hall–Kier alpha value is -3.47. The third-order valence-corrected chi connectivity index (χ3v) is 5.81. The fraction of sp³-hybridized carbons (Fsp3) is 0.208. The maximum Gasteiger partial charge on any atom is 0.227 e. The number of rotatable bonds is 4. The normalized spacial score (nSPS) is 14.4. The first-order chi connectivity index (χ1) is 14.2. The molecule has 1 aliphatic rings. The largest absolute Gasteiger partial charge is 0.497 e. The van der Waals surface area contributed by atoms with E-state index in [9.17, 15) is 4.79 Å². The average molecular weight is 385 g/mol. The van der Waals surface area contributed by atoms with E-state index in [-0.39, 0.29) is 5.91 Å². The van der Waals surface area contributed by atoms with Crippen molar-refractivity contribution in [3.8, 4) is 5.75 Å². The number of hydrogen-bond donors (Lipinski definition) is 2. The van der Waals surface area contributed by atoms with Crippen molar-refractivity contribution in [1.29, 1.82) is 0 Å². The van der Waals surface area contributed by atoms with Gasteiger partial charge in [0.05, 0.1) is 13.5 Å². The molecule has 5 rings (SSSR count). The third kappa shape index (κ3) is 3.18. The maximum atomic E-state index is 12.9. The molecule has 0 saturated heterocycles. The van der Waals surface area contributed by atoms with Crippen LogP contribution in [0.5, 0.6) is 5.75 Å². The van der Waals surface area contributed by atoms with Crippen LogP contribution in [0.2, 0.25) is 0 Å². The summed E-state index contributed by atoms with van der Waals surface area (Å²) in [5.74, 6) is 1.02. The Labute approximate surface area is 169 Å². The van der Waals surface area contributed by atoms with E-state index in [1.807, 2.05) is 41.4 Å². The molecular formula is C24H23N3O2. The SMILES string of the molecule is COc1ccc2[nH]cc(C3=CCN(C(=O)Cc4c[nH]c5ccccc45)CC3)c2c1. The number of ether oxygens (including phenoxy) is 1. The minimum atomic E-state index is 0.172. The van der Waals surface area contributed by atoms with Gasteiger partial charge in [-0.05, 0) is 41.8 Å². The maximum absolute atomic E-state index is 12.9. The lowest BCUT2D eigenvalue weighted by Gasteiger charge is -2.26. The summed E-state index contributed by atoms with van der Waals surface area (Å²) in [5.41, 5.74) is 5.71. The molecule has 0 bridgehead atoms. The van der Waals surface area contributed by atoms with Gasteiger partial charge in [0.1, 0.15) is 5.75 Å². The van der Waals surface area contributed by atoms with E-state index in [0.29, 0.717) is 13.0 Å². The summed E-state index contributed by atoms with van der Waals surface area (Å²) in [6.45, 7) is 1.39. The number of amides is 1.